The molecule has 3 heteroatoms. The number of phenols is 1. The quantitative estimate of drug-likeness (QED) is 0.843. The van der Waals surface area contributed by atoms with Gasteiger partial charge in [0, 0.05) is 12.6 Å². The molecule has 0 bridgehead atoms. The van der Waals surface area contributed by atoms with Crippen LogP contribution in [0.2, 0.25) is 0 Å². The van der Waals surface area contributed by atoms with Gasteiger partial charge >= 0.3 is 0 Å². The van der Waals surface area contributed by atoms with E-state index < -0.39 is 0 Å². The Morgan fingerprint density at radius 2 is 1.88 bits per heavy atom. The van der Waals surface area contributed by atoms with E-state index in [2.05, 4.69) is 11.0 Å². The van der Waals surface area contributed by atoms with Crippen molar-refractivity contribution in [1.29, 1.82) is 0 Å². The van der Waals surface area contributed by atoms with Crippen LogP contribution in [0.4, 0.5) is 0 Å². The van der Waals surface area contributed by atoms with Crippen molar-refractivity contribution in [2.45, 2.75) is 31.7 Å². The zero-order valence-corrected chi connectivity index (χ0v) is 10.3. The second-order valence-electron chi connectivity index (χ2n) is 4.80. The van der Waals surface area contributed by atoms with Crippen LogP contribution in [0.15, 0.2) is 24.3 Å². The maximum absolute atomic E-state index is 9.55. The van der Waals surface area contributed by atoms with Crippen molar-refractivity contribution in [3.63, 3.8) is 0 Å². The van der Waals surface area contributed by atoms with Gasteiger partial charge in [0.15, 0.2) is 0 Å². The fraction of sp³-hybridized carbons (Fsp3) is 0.571. The maximum atomic E-state index is 9.55. The molecule has 0 aromatic heterocycles. The van der Waals surface area contributed by atoms with Gasteiger partial charge < -0.3 is 10.8 Å². The second kappa shape index (κ2) is 6.03. The van der Waals surface area contributed by atoms with Gasteiger partial charge in [-0.15, -0.1) is 0 Å². The van der Waals surface area contributed by atoms with Crippen LogP contribution in [0.3, 0.4) is 0 Å². The number of nitrogens with zero attached hydrogens (tertiary/aromatic N) is 1. The summed E-state index contributed by atoms with van der Waals surface area (Å²) in [5, 5.41) is 9.55. The van der Waals surface area contributed by atoms with Crippen molar-refractivity contribution in [2.75, 3.05) is 19.6 Å². The fourth-order valence-electron chi connectivity index (χ4n) is 2.63. The number of benzene rings is 1. The van der Waals surface area contributed by atoms with Crippen LogP contribution in [0.5, 0.6) is 5.75 Å². The highest BCUT2D eigenvalue weighted by Crippen LogP contribution is 2.25. The SMILES string of the molecule is NCC(c1cccc(O)c1)N1CCCCCC1. The Bertz CT molecular complexity index is 346. The zero-order valence-electron chi connectivity index (χ0n) is 10.3. The molecule has 1 aliphatic rings. The summed E-state index contributed by atoms with van der Waals surface area (Å²) in [4.78, 5) is 2.46. The summed E-state index contributed by atoms with van der Waals surface area (Å²) in [5.74, 6) is 0.329. The third kappa shape index (κ3) is 3.20. The van der Waals surface area contributed by atoms with Crippen molar-refractivity contribution < 1.29 is 5.11 Å². The summed E-state index contributed by atoms with van der Waals surface area (Å²) in [6.45, 7) is 2.86. The Kier molecular flexibility index (Phi) is 4.40. The highest BCUT2D eigenvalue weighted by atomic mass is 16.3. The molecular weight excluding hydrogens is 212 g/mol. The summed E-state index contributed by atoms with van der Waals surface area (Å²) < 4.78 is 0. The number of hydrogen-bond acceptors (Lipinski definition) is 3. The van der Waals surface area contributed by atoms with Crippen molar-refractivity contribution in [3.05, 3.63) is 29.8 Å². The van der Waals surface area contributed by atoms with Crippen LogP contribution in [-0.2, 0) is 0 Å². The van der Waals surface area contributed by atoms with E-state index in [1.807, 2.05) is 12.1 Å². The van der Waals surface area contributed by atoms with Crippen LogP contribution in [-0.4, -0.2) is 29.6 Å². The van der Waals surface area contributed by atoms with E-state index in [4.69, 9.17) is 5.73 Å². The van der Waals surface area contributed by atoms with Crippen molar-refractivity contribution >= 4 is 0 Å². The Balaban J connectivity index is 2.14. The summed E-state index contributed by atoms with van der Waals surface area (Å²) in [7, 11) is 0. The van der Waals surface area contributed by atoms with E-state index in [-0.39, 0.29) is 6.04 Å². The second-order valence-corrected chi connectivity index (χ2v) is 4.80. The molecule has 1 aromatic rings. The van der Waals surface area contributed by atoms with Gasteiger partial charge in [0.1, 0.15) is 5.75 Å². The topological polar surface area (TPSA) is 49.5 Å². The number of phenolic OH excluding ortho intramolecular Hbond substituents is 1. The highest BCUT2D eigenvalue weighted by molar-refractivity contribution is 5.29. The van der Waals surface area contributed by atoms with Gasteiger partial charge in [0.25, 0.3) is 0 Å². The normalized spacial score (nSPS) is 19.8. The van der Waals surface area contributed by atoms with Crippen LogP contribution in [0, 0.1) is 0 Å². The first-order chi connectivity index (χ1) is 8.31. The average molecular weight is 234 g/mol. The summed E-state index contributed by atoms with van der Waals surface area (Å²) >= 11 is 0. The van der Waals surface area contributed by atoms with Gasteiger partial charge in [0.05, 0.1) is 0 Å². The van der Waals surface area contributed by atoms with Gasteiger partial charge in [-0.05, 0) is 43.6 Å². The fourth-order valence-corrected chi connectivity index (χ4v) is 2.63. The molecule has 2 rings (SSSR count). The molecule has 0 aliphatic carbocycles. The van der Waals surface area contributed by atoms with E-state index in [1.165, 1.54) is 25.7 Å². The van der Waals surface area contributed by atoms with Crippen LogP contribution < -0.4 is 5.73 Å². The summed E-state index contributed by atoms with van der Waals surface area (Å²) in [6, 6.07) is 7.75. The van der Waals surface area contributed by atoms with Crippen molar-refractivity contribution in [1.82, 2.24) is 4.90 Å². The highest BCUT2D eigenvalue weighted by Gasteiger charge is 2.20. The van der Waals surface area contributed by atoms with E-state index in [1.54, 1.807) is 6.07 Å². The number of hydrogen-bond donors (Lipinski definition) is 2. The van der Waals surface area contributed by atoms with Gasteiger partial charge in [-0.1, -0.05) is 25.0 Å². The van der Waals surface area contributed by atoms with Crippen LogP contribution in [0.1, 0.15) is 37.3 Å². The van der Waals surface area contributed by atoms with E-state index in [0.29, 0.717) is 12.3 Å². The molecule has 1 atom stereocenters. The number of likely N-dealkylation sites (tertiary alicyclic amines) is 1. The smallest absolute Gasteiger partial charge is 0.115 e. The van der Waals surface area contributed by atoms with Gasteiger partial charge in [-0.25, -0.2) is 0 Å². The predicted octanol–water partition coefficient (Wildman–Crippen LogP) is 2.27. The molecule has 1 aromatic carbocycles. The lowest BCUT2D eigenvalue weighted by molar-refractivity contribution is 0.209. The van der Waals surface area contributed by atoms with Crippen LogP contribution >= 0.6 is 0 Å². The maximum Gasteiger partial charge on any atom is 0.115 e. The zero-order chi connectivity index (χ0) is 12.1. The average Bonchev–Trinajstić information content (AvgIpc) is 2.59. The first-order valence-electron chi connectivity index (χ1n) is 6.54. The molecule has 1 unspecified atom stereocenters. The number of nitrogens with two attached hydrogens (primary N) is 1. The molecular formula is C14H22N2O. The lowest BCUT2D eigenvalue weighted by Gasteiger charge is -2.30. The van der Waals surface area contributed by atoms with Crippen LogP contribution in [0.25, 0.3) is 0 Å². The minimum Gasteiger partial charge on any atom is -0.508 e. The third-order valence-corrected chi connectivity index (χ3v) is 3.56. The molecule has 3 nitrogen and oxygen atoms in total. The lowest BCUT2D eigenvalue weighted by atomic mass is 10.0. The molecule has 3 N–H and O–H groups in total. The standard InChI is InChI=1S/C14H22N2O/c15-11-14(12-6-5-7-13(17)10-12)16-8-3-1-2-4-9-16/h5-7,10,14,17H,1-4,8-9,11,15H2. The Morgan fingerprint density at radius 1 is 1.18 bits per heavy atom. The molecule has 1 aliphatic heterocycles. The Morgan fingerprint density at radius 3 is 2.47 bits per heavy atom. The Labute approximate surface area is 103 Å². The minimum absolute atomic E-state index is 0.250. The third-order valence-electron chi connectivity index (χ3n) is 3.56. The molecule has 1 saturated heterocycles. The molecule has 94 valence electrons. The molecule has 1 heterocycles. The van der Waals surface area contributed by atoms with Crippen molar-refractivity contribution in [3.8, 4) is 5.75 Å². The van der Waals surface area contributed by atoms with Crippen molar-refractivity contribution in [2.24, 2.45) is 5.73 Å². The molecule has 0 saturated carbocycles. The molecule has 0 amide bonds. The number of aromatic hydroxyl groups is 1. The lowest BCUT2D eigenvalue weighted by Crippen LogP contribution is -2.34. The van der Waals surface area contributed by atoms with Gasteiger partial charge in [-0.3, -0.25) is 4.90 Å². The van der Waals surface area contributed by atoms with E-state index in [0.717, 1.165) is 18.7 Å². The molecule has 1 fully saturated rings. The van der Waals surface area contributed by atoms with Gasteiger partial charge in [-0.2, -0.15) is 0 Å². The summed E-state index contributed by atoms with van der Waals surface area (Å²) in [5.41, 5.74) is 7.05. The molecule has 0 spiro atoms. The number of rotatable bonds is 3. The molecule has 17 heavy (non-hydrogen) atoms. The molecule has 0 radical (unpaired) electrons. The summed E-state index contributed by atoms with van der Waals surface area (Å²) in [6.07, 6.45) is 5.17. The first kappa shape index (κ1) is 12.4. The van der Waals surface area contributed by atoms with Gasteiger partial charge in [0.2, 0.25) is 0 Å². The van der Waals surface area contributed by atoms with E-state index in [9.17, 15) is 5.11 Å². The minimum atomic E-state index is 0.250. The largest absolute Gasteiger partial charge is 0.508 e. The Hall–Kier alpha value is -1.06. The predicted molar refractivity (Wildman–Crippen MR) is 69.9 cm³/mol. The van der Waals surface area contributed by atoms with E-state index >= 15 is 0 Å². The monoisotopic (exact) mass is 234 g/mol. The first-order valence-corrected chi connectivity index (χ1v) is 6.54.